The van der Waals surface area contributed by atoms with E-state index >= 15 is 0 Å². The monoisotopic (exact) mass is 360 g/mol. The van der Waals surface area contributed by atoms with Gasteiger partial charge in [-0.15, -0.1) is 12.6 Å². The van der Waals surface area contributed by atoms with E-state index in [1.54, 1.807) is 18.2 Å². The van der Waals surface area contributed by atoms with E-state index in [-0.39, 0.29) is 23.5 Å². The lowest BCUT2D eigenvalue weighted by molar-refractivity contribution is -0.136. The van der Waals surface area contributed by atoms with Gasteiger partial charge >= 0.3 is 0 Å². The Morgan fingerprint density at radius 2 is 1.76 bits per heavy atom. The summed E-state index contributed by atoms with van der Waals surface area (Å²) >= 11 is 4.25. The van der Waals surface area contributed by atoms with Gasteiger partial charge in [0.25, 0.3) is 11.8 Å². The summed E-state index contributed by atoms with van der Waals surface area (Å²) in [5, 5.41) is 2.77. The van der Waals surface area contributed by atoms with Gasteiger partial charge < -0.3 is 5.32 Å². The van der Waals surface area contributed by atoms with Crippen LogP contribution in [0.3, 0.4) is 0 Å². The Bertz CT molecular complexity index is 725. The molecular formula is C18H20N2O4S. The molecule has 1 N–H and O–H groups in total. The number of amides is 3. The number of benzene rings is 1. The zero-order chi connectivity index (χ0) is 18.4. The zero-order valence-corrected chi connectivity index (χ0v) is 14.8. The van der Waals surface area contributed by atoms with E-state index in [1.165, 1.54) is 24.0 Å². The minimum atomic E-state index is -0.278. The first-order valence-corrected chi connectivity index (χ1v) is 8.50. The second-order valence-electron chi connectivity index (χ2n) is 5.81. The lowest BCUT2D eigenvalue weighted by Crippen LogP contribution is -2.30. The highest BCUT2D eigenvalue weighted by Crippen LogP contribution is 2.20. The first-order chi connectivity index (χ1) is 11.9. The average molecular weight is 360 g/mol. The minimum Gasteiger partial charge on any atom is -0.326 e. The number of hydrogen-bond donors (Lipinski definition) is 2. The second kappa shape index (κ2) is 8.62. The summed E-state index contributed by atoms with van der Waals surface area (Å²) in [6.45, 7) is 1.84. The van der Waals surface area contributed by atoms with Crippen molar-refractivity contribution < 1.29 is 19.2 Å². The average Bonchev–Trinajstić information content (AvgIpc) is 2.86. The Labute approximate surface area is 151 Å². The molecule has 0 unspecified atom stereocenters. The van der Waals surface area contributed by atoms with E-state index < -0.39 is 0 Å². The summed E-state index contributed by atoms with van der Waals surface area (Å²) in [7, 11) is 0. The van der Waals surface area contributed by atoms with Gasteiger partial charge in [0, 0.05) is 41.3 Å². The second-order valence-corrected chi connectivity index (χ2v) is 6.29. The highest BCUT2D eigenvalue weighted by Gasteiger charge is 2.22. The molecule has 1 aromatic carbocycles. The summed E-state index contributed by atoms with van der Waals surface area (Å²) in [4.78, 5) is 47.8. The van der Waals surface area contributed by atoms with Gasteiger partial charge in [-0.1, -0.05) is 6.42 Å². The fourth-order valence-electron chi connectivity index (χ4n) is 2.51. The van der Waals surface area contributed by atoms with Crippen LogP contribution in [0, 0.1) is 0 Å². The van der Waals surface area contributed by atoms with E-state index in [2.05, 4.69) is 17.9 Å². The third kappa shape index (κ3) is 5.29. The molecule has 1 aromatic rings. The first kappa shape index (κ1) is 18.9. The molecule has 0 spiro atoms. The normalized spacial score (nSPS) is 13.4. The maximum absolute atomic E-state index is 11.9. The van der Waals surface area contributed by atoms with Gasteiger partial charge in [-0.2, -0.15) is 0 Å². The van der Waals surface area contributed by atoms with Crippen LogP contribution in [0.25, 0.3) is 0 Å². The molecule has 1 aliphatic rings. The first-order valence-electron chi connectivity index (χ1n) is 8.06. The molecule has 6 nitrogen and oxygen atoms in total. The Morgan fingerprint density at radius 1 is 1.08 bits per heavy atom. The molecule has 7 heteroatoms. The maximum Gasteiger partial charge on any atom is 0.253 e. The number of thiol groups is 1. The van der Waals surface area contributed by atoms with E-state index in [0.29, 0.717) is 42.0 Å². The van der Waals surface area contributed by atoms with Crippen LogP contribution >= 0.6 is 12.6 Å². The quantitative estimate of drug-likeness (QED) is 0.323. The highest BCUT2D eigenvalue weighted by molar-refractivity contribution is 7.80. The van der Waals surface area contributed by atoms with Crippen molar-refractivity contribution >= 4 is 41.8 Å². The number of carbonyl (C=O) groups is 4. The fourth-order valence-corrected chi connectivity index (χ4v) is 2.89. The smallest absolute Gasteiger partial charge is 0.253 e. The molecular weight excluding hydrogens is 340 g/mol. The molecule has 25 heavy (non-hydrogen) atoms. The van der Waals surface area contributed by atoms with E-state index in [4.69, 9.17) is 0 Å². The van der Waals surface area contributed by atoms with Crippen LogP contribution in [-0.4, -0.2) is 34.9 Å². The third-order valence-electron chi connectivity index (χ3n) is 3.85. The van der Waals surface area contributed by atoms with Crippen molar-refractivity contribution in [3.63, 3.8) is 0 Å². The lowest BCUT2D eigenvalue weighted by atomic mass is 10.1. The molecule has 0 aliphatic carbocycles. The molecule has 0 aromatic heterocycles. The minimum absolute atomic E-state index is 0.0759. The molecule has 1 aliphatic heterocycles. The number of imide groups is 1. The van der Waals surface area contributed by atoms with Crippen LogP contribution in [0.2, 0.25) is 0 Å². The number of nitrogens with zero attached hydrogens (tertiary/aromatic N) is 1. The Morgan fingerprint density at radius 3 is 2.36 bits per heavy atom. The van der Waals surface area contributed by atoms with Gasteiger partial charge in [0.15, 0.2) is 5.78 Å². The van der Waals surface area contributed by atoms with Gasteiger partial charge in [0.2, 0.25) is 5.91 Å². The standard InChI is InChI=1S/C18H20N2O4S/c1-12(21)14-7-6-13(11-15(14)25)19-16(22)5-3-2-4-10-20-17(23)8-9-18(20)24/h6-9,11,25H,2-5,10H2,1H3,(H,19,22). The number of ketones is 1. The summed E-state index contributed by atoms with van der Waals surface area (Å²) in [6.07, 6.45) is 4.95. The van der Waals surface area contributed by atoms with Gasteiger partial charge in [-0.25, -0.2) is 0 Å². The number of nitrogens with one attached hydrogen (secondary N) is 1. The zero-order valence-electron chi connectivity index (χ0n) is 13.9. The van der Waals surface area contributed by atoms with Crippen molar-refractivity contribution in [2.45, 2.75) is 37.5 Å². The molecule has 1 heterocycles. The van der Waals surface area contributed by atoms with Crippen molar-refractivity contribution in [1.82, 2.24) is 4.90 Å². The largest absolute Gasteiger partial charge is 0.326 e. The molecule has 0 atom stereocenters. The van der Waals surface area contributed by atoms with Crippen LogP contribution in [0.15, 0.2) is 35.2 Å². The lowest BCUT2D eigenvalue weighted by Gasteiger charge is -2.13. The number of hydrogen-bond acceptors (Lipinski definition) is 5. The van der Waals surface area contributed by atoms with Crippen molar-refractivity contribution in [1.29, 1.82) is 0 Å². The van der Waals surface area contributed by atoms with E-state index in [0.717, 1.165) is 6.42 Å². The predicted molar refractivity (Wildman–Crippen MR) is 96.7 cm³/mol. The van der Waals surface area contributed by atoms with Crippen molar-refractivity contribution in [2.75, 3.05) is 11.9 Å². The van der Waals surface area contributed by atoms with Crippen LogP contribution < -0.4 is 5.32 Å². The summed E-state index contributed by atoms with van der Waals surface area (Å²) in [5.74, 6) is -0.759. The summed E-state index contributed by atoms with van der Waals surface area (Å²) in [5.41, 5.74) is 1.11. The number of unbranched alkanes of at least 4 members (excludes halogenated alkanes) is 2. The number of anilines is 1. The SMILES string of the molecule is CC(=O)c1ccc(NC(=O)CCCCCN2C(=O)C=CC2=O)cc1S. The fraction of sp³-hybridized carbons (Fsp3) is 0.333. The summed E-state index contributed by atoms with van der Waals surface area (Å²) in [6, 6.07) is 4.96. The van der Waals surface area contributed by atoms with Crippen LogP contribution in [0.4, 0.5) is 5.69 Å². The van der Waals surface area contributed by atoms with Gasteiger partial charge in [-0.05, 0) is 38.0 Å². The third-order valence-corrected chi connectivity index (χ3v) is 4.22. The molecule has 0 bridgehead atoms. The Kier molecular flexibility index (Phi) is 6.52. The molecule has 3 amide bonds. The molecule has 0 saturated heterocycles. The van der Waals surface area contributed by atoms with Crippen molar-refractivity contribution in [3.05, 3.63) is 35.9 Å². The molecule has 0 saturated carbocycles. The molecule has 0 fully saturated rings. The predicted octanol–water partition coefficient (Wildman–Crippen LogP) is 2.60. The molecule has 0 radical (unpaired) electrons. The van der Waals surface area contributed by atoms with Gasteiger partial charge in [0.1, 0.15) is 0 Å². The van der Waals surface area contributed by atoms with Crippen molar-refractivity contribution in [3.8, 4) is 0 Å². The number of rotatable bonds is 8. The Balaban J connectivity index is 1.69. The van der Waals surface area contributed by atoms with E-state index in [1.807, 2.05) is 0 Å². The maximum atomic E-state index is 11.9. The number of Topliss-reactive ketones (excluding diaryl/α,β-unsaturated/α-hetero) is 1. The van der Waals surface area contributed by atoms with Crippen LogP contribution in [-0.2, 0) is 14.4 Å². The van der Waals surface area contributed by atoms with Gasteiger partial charge in [0.05, 0.1) is 0 Å². The van der Waals surface area contributed by atoms with Crippen molar-refractivity contribution in [2.24, 2.45) is 0 Å². The topological polar surface area (TPSA) is 83.6 Å². The molecule has 132 valence electrons. The van der Waals surface area contributed by atoms with Gasteiger partial charge in [-0.3, -0.25) is 24.1 Å². The van der Waals surface area contributed by atoms with Crippen LogP contribution in [0.5, 0.6) is 0 Å². The highest BCUT2D eigenvalue weighted by atomic mass is 32.1. The number of carbonyl (C=O) groups excluding carboxylic acids is 4. The Hall–Kier alpha value is -2.41. The van der Waals surface area contributed by atoms with Crippen LogP contribution in [0.1, 0.15) is 43.0 Å². The molecule has 2 rings (SSSR count). The summed E-state index contributed by atoms with van der Waals surface area (Å²) < 4.78 is 0. The van der Waals surface area contributed by atoms with E-state index in [9.17, 15) is 19.2 Å².